The lowest BCUT2D eigenvalue weighted by Crippen LogP contribution is -2.08. The van der Waals surface area contributed by atoms with Gasteiger partial charge in [-0.25, -0.2) is 4.79 Å². The monoisotopic (exact) mass is 177 g/mol. The Morgan fingerprint density at radius 3 is 2.77 bits per heavy atom. The highest BCUT2D eigenvalue weighted by atomic mass is 16.5. The van der Waals surface area contributed by atoms with Crippen molar-refractivity contribution < 1.29 is 9.53 Å². The number of carbonyl (C=O) groups is 1. The molecule has 0 aromatic heterocycles. The lowest BCUT2D eigenvalue weighted by Gasteiger charge is -2.03. The van der Waals surface area contributed by atoms with Crippen LogP contribution in [0.4, 0.5) is 5.69 Å². The predicted octanol–water partition coefficient (Wildman–Crippen LogP) is 1.75. The van der Waals surface area contributed by atoms with E-state index in [1.165, 1.54) is 0 Å². The number of nitrogen functional groups attached to an aromatic ring is 1. The molecule has 0 amide bonds. The Hall–Kier alpha value is -1.77. The van der Waals surface area contributed by atoms with Gasteiger partial charge in [0.2, 0.25) is 0 Å². The molecule has 13 heavy (non-hydrogen) atoms. The topological polar surface area (TPSA) is 52.3 Å². The largest absolute Gasteiger partial charge is 0.423 e. The van der Waals surface area contributed by atoms with Gasteiger partial charge < -0.3 is 10.5 Å². The molecule has 0 unspecified atom stereocenters. The van der Waals surface area contributed by atoms with E-state index < -0.39 is 5.97 Å². The number of carbonyl (C=O) groups excluding carboxylic acids is 1. The van der Waals surface area contributed by atoms with Gasteiger partial charge in [-0.05, 0) is 19.1 Å². The molecule has 3 nitrogen and oxygen atoms in total. The third-order valence-electron chi connectivity index (χ3n) is 1.42. The van der Waals surface area contributed by atoms with Crippen molar-refractivity contribution in [3.8, 4) is 5.75 Å². The van der Waals surface area contributed by atoms with Crippen LogP contribution in [0.3, 0.4) is 0 Å². The van der Waals surface area contributed by atoms with Crippen LogP contribution in [0, 0.1) is 0 Å². The Balaban J connectivity index is 2.75. The van der Waals surface area contributed by atoms with Gasteiger partial charge >= 0.3 is 5.97 Å². The number of benzene rings is 1. The summed E-state index contributed by atoms with van der Waals surface area (Å²) >= 11 is 0. The van der Waals surface area contributed by atoms with Crippen molar-refractivity contribution in [1.82, 2.24) is 0 Å². The maximum absolute atomic E-state index is 11.1. The first-order valence-electron chi connectivity index (χ1n) is 3.83. The van der Waals surface area contributed by atoms with Crippen LogP contribution in [0.1, 0.15) is 6.92 Å². The first-order chi connectivity index (χ1) is 6.09. The van der Waals surface area contributed by atoms with Gasteiger partial charge in [0.25, 0.3) is 0 Å². The minimum absolute atomic E-state index is 0.363. The lowest BCUT2D eigenvalue weighted by atomic mass is 10.3. The summed E-state index contributed by atoms with van der Waals surface area (Å²) < 4.78 is 4.94. The maximum Gasteiger partial charge on any atom is 0.338 e. The number of esters is 1. The van der Waals surface area contributed by atoms with Crippen molar-refractivity contribution in [3.05, 3.63) is 36.4 Å². The van der Waals surface area contributed by atoms with Crippen LogP contribution in [0.2, 0.25) is 0 Å². The molecule has 0 aliphatic carbocycles. The average Bonchev–Trinajstić information content (AvgIpc) is 2.04. The Labute approximate surface area is 76.8 Å². The van der Waals surface area contributed by atoms with Crippen LogP contribution in [0.15, 0.2) is 36.4 Å². The van der Waals surface area contributed by atoms with Crippen LogP contribution in [0.25, 0.3) is 0 Å². The van der Waals surface area contributed by atoms with Gasteiger partial charge in [0, 0.05) is 17.3 Å². The molecule has 0 spiro atoms. The van der Waals surface area contributed by atoms with E-state index in [1.807, 2.05) is 0 Å². The highest BCUT2D eigenvalue weighted by Gasteiger charge is 2.04. The summed E-state index contributed by atoms with van der Waals surface area (Å²) in [4.78, 5) is 11.1. The molecule has 3 heteroatoms. The van der Waals surface area contributed by atoms with Crippen molar-refractivity contribution in [2.75, 3.05) is 5.73 Å². The van der Waals surface area contributed by atoms with E-state index in [4.69, 9.17) is 10.5 Å². The van der Waals surface area contributed by atoms with Gasteiger partial charge in [0.05, 0.1) is 0 Å². The van der Waals surface area contributed by atoms with E-state index in [-0.39, 0.29) is 0 Å². The average molecular weight is 177 g/mol. The highest BCUT2D eigenvalue weighted by molar-refractivity contribution is 5.88. The van der Waals surface area contributed by atoms with Crippen molar-refractivity contribution >= 4 is 11.7 Å². The summed E-state index contributed by atoms with van der Waals surface area (Å²) in [7, 11) is 0. The molecule has 0 saturated carbocycles. The zero-order chi connectivity index (χ0) is 9.84. The third-order valence-corrected chi connectivity index (χ3v) is 1.42. The Morgan fingerprint density at radius 2 is 2.23 bits per heavy atom. The zero-order valence-electron chi connectivity index (χ0n) is 7.41. The van der Waals surface area contributed by atoms with E-state index in [0.717, 1.165) is 0 Å². The van der Waals surface area contributed by atoms with Crippen LogP contribution in [-0.2, 0) is 4.79 Å². The third kappa shape index (κ3) is 2.63. The highest BCUT2D eigenvalue weighted by Crippen LogP contribution is 2.15. The van der Waals surface area contributed by atoms with E-state index in [9.17, 15) is 4.79 Å². The van der Waals surface area contributed by atoms with Gasteiger partial charge in [-0.2, -0.15) is 0 Å². The molecule has 2 N–H and O–H groups in total. The molecule has 0 bridgehead atoms. The minimum atomic E-state index is -0.439. The Morgan fingerprint density at radius 1 is 1.54 bits per heavy atom. The van der Waals surface area contributed by atoms with Crippen molar-refractivity contribution in [3.63, 3.8) is 0 Å². The van der Waals surface area contributed by atoms with E-state index in [1.54, 1.807) is 31.2 Å². The fourth-order valence-electron chi connectivity index (χ4n) is 0.772. The molecule has 0 aliphatic rings. The van der Waals surface area contributed by atoms with E-state index in [2.05, 4.69) is 6.58 Å². The molecular weight excluding hydrogens is 166 g/mol. The molecular formula is C10H11NO2. The Bertz CT molecular complexity index is 345. The van der Waals surface area contributed by atoms with Crippen LogP contribution >= 0.6 is 0 Å². The van der Waals surface area contributed by atoms with Gasteiger partial charge in [0.1, 0.15) is 5.75 Å². The number of hydrogen-bond acceptors (Lipinski definition) is 3. The van der Waals surface area contributed by atoms with Crippen molar-refractivity contribution in [1.29, 1.82) is 0 Å². The normalized spacial score (nSPS) is 9.31. The summed E-state index contributed by atoms with van der Waals surface area (Å²) in [5.41, 5.74) is 6.42. The van der Waals surface area contributed by atoms with E-state index in [0.29, 0.717) is 17.0 Å². The Kier molecular flexibility index (Phi) is 2.69. The van der Waals surface area contributed by atoms with Gasteiger partial charge in [-0.1, -0.05) is 12.6 Å². The molecule has 0 saturated heterocycles. The van der Waals surface area contributed by atoms with Crippen molar-refractivity contribution in [2.45, 2.75) is 6.92 Å². The molecule has 0 fully saturated rings. The molecule has 1 aromatic rings. The van der Waals surface area contributed by atoms with E-state index >= 15 is 0 Å². The van der Waals surface area contributed by atoms with Crippen LogP contribution in [-0.4, -0.2) is 5.97 Å². The van der Waals surface area contributed by atoms with Gasteiger partial charge in [-0.15, -0.1) is 0 Å². The second-order valence-corrected chi connectivity index (χ2v) is 2.74. The van der Waals surface area contributed by atoms with Crippen LogP contribution < -0.4 is 10.5 Å². The molecule has 1 rings (SSSR count). The number of hydrogen-bond donors (Lipinski definition) is 1. The smallest absolute Gasteiger partial charge is 0.338 e. The summed E-state index contributed by atoms with van der Waals surface area (Å²) in [5.74, 6) is -0.00130. The van der Waals surface area contributed by atoms with Crippen LogP contribution in [0.5, 0.6) is 5.75 Å². The van der Waals surface area contributed by atoms with Crippen molar-refractivity contribution in [2.24, 2.45) is 0 Å². The first kappa shape index (κ1) is 9.32. The summed E-state index contributed by atoms with van der Waals surface area (Å²) in [6.07, 6.45) is 0. The fraction of sp³-hybridized carbons (Fsp3) is 0.100. The van der Waals surface area contributed by atoms with Gasteiger partial charge in [0.15, 0.2) is 0 Å². The molecule has 68 valence electrons. The number of anilines is 1. The standard InChI is InChI=1S/C10H11NO2/c1-7(2)10(12)13-9-5-3-4-8(11)6-9/h3-6H,1,11H2,2H3. The molecule has 0 radical (unpaired) electrons. The summed E-state index contributed by atoms with van der Waals surface area (Å²) in [6.45, 7) is 5.06. The predicted molar refractivity (Wildman–Crippen MR) is 51.3 cm³/mol. The quantitative estimate of drug-likeness (QED) is 0.324. The summed E-state index contributed by atoms with van der Waals surface area (Å²) in [6, 6.07) is 6.69. The molecule has 0 aliphatic heterocycles. The zero-order valence-corrected chi connectivity index (χ0v) is 7.41. The summed E-state index contributed by atoms with van der Waals surface area (Å²) in [5, 5.41) is 0. The lowest BCUT2D eigenvalue weighted by molar-refractivity contribution is -0.130. The fourth-order valence-corrected chi connectivity index (χ4v) is 0.772. The minimum Gasteiger partial charge on any atom is -0.423 e. The molecule has 0 heterocycles. The SMILES string of the molecule is C=C(C)C(=O)Oc1cccc(N)c1. The number of rotatable bonds is 2. The maximum atomic E-state index is 11.1. The molecule has 0 atom stereocenters. The number of ether oxygens (including phenoxy) is 1. The molecule has 1 aromatic carbocycles. The number of nitrogens with two attached hydrogens (primary N) is 1. The first-order valence-corrected chi connectivity index (χ1v) is 3.83. The second-order valence-electron chi connectivity index (χ2n) is 2.74. The van der Waals surface area contributed by atoms with Gasteiger partial charge in [-0.3, -0.25) is 0 Å². The second kappa shape index (κ2) is 3.76.